The minimum absolute atomic E-state index is 0.0620. The van der Waals surface area contributed by atoms with E-state index in [-0.39, 0.29) is 23.2 Å². The predicted molar refractivity (Wildman–Crippen MR) is 142 cm³/mol. The number of fused-ring (bicyclic) bond motifs is 3. The number of pyridine rings is 1. The summed E-state index contributed by atoms with van der Waals surface area (Å²) < 4.78 is 10.8. The van der Waals surface area contributed by atoms with Gasteiger partial charge in [0.2, 0.25) is 5.91 Å². The van der Waals surface area contributed by atoms with Gasteiger partial charge < -0.3 is 14.8 Å². The highest BCUT2D eigenvalue weighted by Crippen LogP contribution is 2.65. The number of rotatable bonds is 6. The van der Waals surface area contributed by atoms with Crippen LogP contribution in [0.4, 0.5) is 5.69 Å². The average molecular weight is 479 g/mol. The Morgan fingerprint density at radius 2 is 1.61 bits per heavy atom. The first-order valence-corrected chi connectivity index (χ1v) is 12.6. The Kier molecular flexibility index (Phi) is 5.63. The Morgan fingerprint density at radius 3 is 2.33 bits per heavy atom. The van der Waals surface area contributed by atoms with Crippen LogP contribution in [0.15, 0.2) is 85.1 Å². The number of carbonyl (C=O) groups excluding carboxylic acids is 1. The van der Waals surface area contributed by atoms with Crippen LogP contribution < -0.4 is 14.8 Å². The van der Waals surface area contributed by atoms with Crippen molar-refractivity contribution in [2.24, 2.45) is 11.8 Å². The van der Waals surface area contributed by atoms with Crippen LogP contribution in [0.2, 0.25) is 0 Å². The van der Waals surface area contributed by atoms with Crippen molar-refractivity contribution in [3.05, 3.63) is 96.2 Å². The van der Waals surface area contributed by atoms with Gasteiger partial charge in [0.15, 0.2) is 0 Å². The number of carbonyl (C=O) groups is 1. The van der Waals surface area contributed by atoms with Crippen molar-refractivity contribution in [2.45, 2.75) is 30.6 Å². The van der Waals surface area contributed by atoms with Crippen molar-refractivity contribution in [2.75, 3.05) is 19.5 Å². The van der Waals surface area contributed by atoms with E-state index in [0.29, 0.717) is 5.92 Å². The zero-order valence-electron chi connectivity index (χ0n) is 20.6. The Hall–Kier alpha value is -3.86. The molecule has 0 aliphatic heterocycles. The van der Waals surface area contributed by atoms with Gasteiger partial charge in [0.05, 0.1) is 31.3 Å². The second kappa shape index (κ2) is 8.98. The maximum absolute atomic E-state index is 14.3. The fourth-order valence-corrected chi connectivity index (χ4v) is 6.80. The Labute approximate surface area is 211 Å². The molecule has 2 aliphatic carbocycles. The van der Waals surface area contributed by atoms with Crippen LogP contribution in [-0.4, -0.2) is 25.1 Å². The maximum atomic E-state index is 14.3. The highest BCUT2D eigenvalue weighted by atomic mass is 16.5. The van der Waals surface area contributed by atoms with Crippen LogP contribution in [0.1, 0.15) is 36.3 Å². The van der Waals surface area contributed by atoms with Crippen molar-refractivity contribution >= 4 is 22.5 Å². The first-order chi connectivity index (χ1) is 17.6. The zero-order valence-corrected chi connectivity index (χ0v) is 20.6. The molecular weight excluding hydrogens is 448 g/mol. The number of aromatic nitrogens is 1. The van der Waals surface area contributed by atoms with Crippen LogP contribution in [0.3, 0.4) is 0 Å². The molecule has 4 atom stereocenters. The molecule has 2 aliphatic rings. The number of ether oxygens (including phenoxy) is 2. The van der Waals surface area contributed by atoms with Crippen molar-refractivity contribution in [3.63, 3.8) is 0 Å². The SMILES string of the molecule is COc1ccc(C2C3CCC(c4ccc(OC)cc4)(C3)C2C(=O)Nc2cccc3cccnc23)cc1. The molecule has 6 rings (SSSR count). The molecule has 0 saturated heterocycles. The van der Waals surface area contributed by atoms with E-state index in [0.717, 1.165) is 47.4 Å². The zero-order chi connectivity index (χ0) is 24.7. The number of nitrogens with one attached hydrogen (secondary N) is 1. The molecule has 5 heteroatoms. The molecule has 1 amide bonds. The fraction of sp³-hybridized carbons (Fsp3) is 0.290. The number of nitrogens with zero attached hydrogens (tertiary/aromatic N) is 1. The third kappa shape index (κ3) is 3.62. The average Bonchev–Trinajstić information content (AvgIpc) is 3.52. The second-order valence-corrected chi connectivity index (χ2v) is 10.0. The van der Waals surface area contributed by atoms with E-state index in [2.05, 4.69) is 34.6 Å². The first-order valence-electron chi connectivity index (χ1n) is 12.6. The number of benzene rings is 3. The topological polar surface area (TPSA) is 60.5 Å². The van der Waals surface area contributed by atoms with E-state index in [1.54, 1.807) is 20.4 Å². The molecule has 2 saturated carbocycles. The van der Waals surface area contributed by atoms with Crippen LogP contribution in [-0.2, 0) is 10.2 Å². The molecule has 2 bridgehead atoms. The van der Waals surface area contributed by atoms with Crippen molar-refractivity contribution in [1.82, 2.24) is 4.98 Å². The van der Waals surface area contributed by atoms with E-state index in [4.69, 9.17) is 9.47 Å². The van der Waals surface area contributed by atoms with E-state index >= 15 is 0 Å². The highest BCUT2D eigenvalue weighted by molar-refractivity contribution is 6.02. The van der Waals surface area contributed by atoms with E-state index in [1.807, 2.05) is 54.6 Å². The summed E-state index contributed by atoms with van der Waals surface area (Å²) in [6.07, 6.45) is 4.89. The molecule has 4 aromatic rings. The summed E-state index contributed by atoms with van der Waals surface area (Å²) >= 11 is 0. The molecule has 3 aromatic carbocycles. The van der Waals surface area contributed by atoms with Gasteiger partial charge >= 0.3 is 0 Å². The van der Waals surface area contributed by atoms with Gasteiger partial charge in [-0.3, -0.25) is 9.78 Å². The molecule has 1 heterocycles. The molecule has 1 N–H and O–H groups in total. The van der Waals surface area contributed by atoms with Gasteiger partial charge in [-0.1, -0.05) is 42.5 Å². The highest BCUT2D eigenvalue weighted by Gasteiger charge is 2.61. The van der Waals surface area contributed by atoms with E-state index < -0.39 is 0 Å². The quantitative estimate of drug-likeness (QED) is 0.351. The predicted octanol–water partition coefficient (Wildman–Crippen LogP) is 6.34. The van der Waals surface area contributed by atoms with Crippen LogP contribution in [0.25, 0.3) is 10.9 Å². The molecule has 2 fully saturated rings. The monoisotopic (exact) mass is 478 g/mol. The fourth-order valence-electron chi connectivity index (χ4n) is 6.80. The van der Waals surface area contributed by atoms with Gasteiger partial charge in [0, 0.05) is 17.0 Å². The Balaban J connectivity index is 1.43. The lowest BCUT2D eigenvalue weighted by Gasteiger charge is -2.39. The summed E-state index contributed by atoms with van der Waals surface area (Å²) in [5.74, 6) is 2.10. The minimum atomic E-state index is -0.219. The summed E-state index contributed by atoms with van der Waals surface area (Å²) in [7, 11) is 3.36. The molecule has 5 nitrogen and oxygen atoms in total. The first kappa shape index (κ1) is 22.6. The third-order valence-electron chi connectivity index (χ3n) is 8.39. The van der Waals surface area contributed by atoms with E-state index in [1.165, 1.54) is 11.1 Å². The number of para-hydroxylation sites is 1. The molecule has 182 valence electrons. The van der Waals surface area contributed by atoms with Gasteiger partial charge in [-0.25, -0.2) is 0 Å². The lowest BCUT2D eigenvalue weighted by atomic mass is 9.64. The summed E-state index contributed by atoms with van der Waals surface area (Å²) in [6.45, 7) is 0. The lowest BCUT2D eigenvalue weighted by molar-refractivity contribution is -0.122. The number of methoxy groups -OCH3 is 2. The number of amides is 1. The number of anilines is 1. The second-order valence-electron chi connectivity index (χ2n) is 10.0. The minimum Gasteiger partial charge on any atom is -0.497 e. The maximum Gasteiger partial charge on any atom is 0.229 e. The van der Waals surface area contributed by atoms with Crippen LogP contribution in [0, 0.1) is 11.8 Å². The normalized spacial score (nSPS) is 24.6. The van der Waals surface area contributed by atoms with Gasteiger partial charge in [0.1, 0.15) is 11.5 Å². The standard InChI is InChI=1S/C31H30N2O3/c1-35-24-12-8-20(9-13-24)27-22-16-17-31(19-22,23-10-14-25(36-2)15-11-23)28(27)30(34)33-26-7-3-5-21-6-4-18-32-29(21)26/h3-15,18,22,27-28H,16-17,19H2,1-2H3,(H,33,34). The van der Waals surface area contributed by atoms with Crippen LogP contribution >= 0.6 is 0 Å². The van der Waals surface area contributed by atoms with Gasteiger partial charge in [-0.05, 0) is 78.6 Å². The largest absolute Gasteiger partial charge is 0.497 e. The molecule has 36 heavy (non-hydrogen) atoms. The van der Waals surface area contributed by atoms with Gasteiger partial charge in [-0.15, -0.1) is 0 Å². The third-order valence-corrected chi connectivity index (χ3v) is 8.39. The lowest BCUT2D eigenvalue weighted by Crippen LogP contribution is -2.42. The van der Waals surface area contributed by atoms with Crippen molar-refractivity contribution in [1.29, 1.82) is 0 Å². The molecule has 4 unspecified atom stereocenters. The summed E-state index contributed by atoms with van der Waals surface area (Å²) in [4.78, 5) is 18.8. The number of hydrogen-bond donors (Lipinski definition) is 1. The Bertz CT molecular complexity index is 1390. The number of hydrogen-bond acceptors (Lipinski definition) is 4. The molecular formula is C31H30N2O3. The summed E-state index contributed by atoms with van der Waals surface area (Å²) in [5, 5.41) is 4.31. The van der Waals surface area contributed by atoms with Gasteiger partial charge in [-0.2, -0.15) is 0 Å². The van der Waals surface area contributed by atoms with Gasteiger partial charge in [0.25, 0.3) is 0 Å². The molecule has 0 radical (unpaired) electrons. The van der Waals surface area contributed by atoms with Crippen molar-refractivity contribution < 1.29 is 14.3 Å². The molecule has 0 spiro atoms. The molecule has 1 aromatic heterocycles. The summed E-state index contributed by atoms with van der Waals surface area (Å²) in [6, 6.07) is 26.5. The summed E-state index contributed by atoms with van der Waals surface area (Å²) in [5.41, 5.74) is 3.78. The van der Waals surface area contributed by atoms with Crippen LogP contribution in [0.5, 0.6) is 11.5 Å². The van der Waals surface area contributed by atoms with E-state index in [9.17, 15) is 4.79 Å². The van der Waals surface area contributed by atoms with Crippen molar-refractivity contribution in [3.8, 4) is 11.5 Å². The Morgan fingerprint density at radius 1 is 0.917 bits per heavy atom. The smallest absolute Gasteiger partial charge is 0.229 e.